The van der Waals surface area contributed by atoms with Crippen molar-refractivity contribution in [3.05, 3.63) is 95.6 Å². The third-order valence-electron chi connectivity index (χ3n) is 3.94. The van der Waals surface area contributed by atoms with Gasteiger partial charge < -0.3 is 10.6 Å². The lowest BCUT2D eigenvalue weighted by Crippen LogP contribution is -2.19. The Morgan fingerprint density at radius 3 is 2.41 bits per heavy atom. The molecule has 0 bridgehead atoms. The summed E-state index contributed by atoms with van der Waals surface area (Å²) in [6, 6.07) is 25.8. The predicted octanol–water partition coefficient (Wildman–Crippen LogP) is 5.99. The Morgan fingerprint density at radius 2 is 1.67 bits per heavy atom. The molecule has 0 aliphatic rings. The minimum absolute atomic E-state index is 0.385. The van der Waals surface area contributed by atoms with Crippen LogP contribution in [0.3, 0.4) is 0 Å². The predicted molar refractivity (Wildman–Crippen MR) is 120 cm³/mol. The molecule has 0 aliphatic carbocycles. The molecule has 0 aromatic heterocycles. The first kappa shape index (κ1) is 19.1. The van der Waals surface area contributed by atoms with Crippen LogP contribution in [0.15, 0.2) is 83.9 Å². The number of nitrogens with one attached hydrogen (secondary N) is 2. The van der Waals surface area contributed by atoms with Crippen LogP contribution < -0.4 is 10.6 Å². The molecule has 2 N–H and O–H groups in total. The van der Waals surface area contributed by atoms with Gasteiger partial charge in [-0.3, -0.25) is 0 Å². The maximum Gasteiger partial charge on any atom is 0.199 e. The molecule has 0 radical (unpaired) electrons. The average Bonchev–Trinajstić information content (AvgIpc) is 2.68. The summed E-state index contributed by atoms with van der Waals surface area (Å²) in [4.78, 5) is 4.63. The molecular weight excluding hydrogens is 374 g/mol. The van der Waals surface area contributed by atoms with E-state index in [1.54, 1.807) is 0 Å². The van der Waals surface area contributed by atoms with Crippen molar-refractivity contribution in [2.45, 2.75) is 12.8 Å². The van der Waals surface area contributed by atoms with Gasteiger partial charge in [0.2, 0.25) is 0 Å². The van der Waals surface area contributed by atoms with Crippen molar-refractivity contribution in [1.29, 1.82) is 0 Å². The Kier molecular flexibility index (Phi) is 6.58. The van der Waals surface area contributed by atoms with E-state index in [4.69, 9.17) is 23.8 Å². The highest BCUT2D eigenvalue weighted by molar-refractivity contribution is 7.80. The molecular formula is C22H20ClN3S. The Morgan fingerprint density at radius 1 is 0.926 bits per heavy atom. The van der Waals surface area contributed by atoms with E-state index in [-0.39, 0.29) is 0 Å². The number of aliphatic imine (C=N–C) groups is 1. The summed E-state index contributed by atoms with van der Waals surface area (Å²) in [5.74, 6) is 1.08. The van der Waals surface area contributed by atoms with E-state index in [9.17, 15) is 0 Å². The third kappa shape index (κ3) is 5.39. The lowest BCUT2D eigenvalue weighted by atomic mass is 10.1. The molecule has 3 rings (SSSR count). The number of hydrogen-bond acceptors (Lipinski definition) is 1. The zero-order valence-electron chi connectivity index (χ0n) is 14.9. The number of thiocarbonyl (C=S) groups is 1. The Hall–Kier alpha value is -2.69. The lowest BCUT2D eigenvalue weighted by molar-refractivity contribution is 1.39. The van der Waals surface area contributed by atoms with Crippen molar-refractivity contribution in [2.24, 2.45) is 4.99 Å². The smallest absolute Gasteiger partial charge is 0.199 e. The summed E-state index contributed by atoms with van der Waals surface area (Å²) >= 11 is 11.5. The van der Waals surface area contributed by atoms with Crippen LogP contribution in [0, 0.1) is 6.92 Å². The summed E-state index contributed by atoms with van der Waals surface area (Å²) in [6.07, 6.45) is 0. The van der Waals surface area contributed by atoms with Crippen molar-refractivity contribution in [3.63, 3.8) is 0 Å². The number of rotatable bonds is 4. The Labute approximate surface area is 170 Å². The van der Waals surface area contributed by atoms with Crippen molar-refractivity contribution in [3.8, 4) is 0 Å². The number of benzene rings is 3. The monoisotopic (exact) mass is 393 g/mol. The summed E-state index contributed by atoms with van der Waals surface area (Å²) in [5, 5.41) is 6.94. The maximum atomic E-state index is 6.07. The van der Waals surface area contributed by atoms with Gasteiger partial charge in [0.1, 0.15) is 5.84 Å². The van der Waals surface area contributed by atoms with Gasteiger partial charge in [-0.1, -0.05) is 60.7 Å². The minimum Gasteiger partial charge on any atom is -0.339 e. The first-order chi connectivity index (χ1) is 13.2. The van der Waals surface area contributed by atoms with Gasteiger partial charge in [0.25, 0.3) is 0 Å². The van der Waals surface area contributed by atoms with Crippen LogP contribution in [0.1, 0.15) is 16.7 Å². The standard InChI is InChI=1S/C22H20ClN3S/c1-16-8-7-12-19(14-16)24-22(27)26-21(17-9-3-2-4-10-17)25-20-13-6-5-11-18(20)15-23/h2-14H,15H2,1H3,(H2,24,25,26,27). The number of nitrogens with zero attached hydrogens (tertiary/aromatic N) is 1. The number of alkyl halides is 1. The molecule has 0 aliphatic heterocycles. The molecule has 27 heavy (non-hydrogen) atoms. The zero-order chi connectivity index (χ0) is 19.1. The van der Waals surface area contributed by atoms with Crippen LogP contribution in [0.5, 0.6) is 0 Å². The highest BCUT2D eigenvalue weighted by atomic mass is 35.5. The highest BCUT2D eigenvalue weighted by Gasteiger charge is 2.08. The minimum atomic E-state index is 0.385. The molecule has 3 nitrogen and oxygen atoms in total. The lowest BCUT2D eigenvalue weighted by Gasteiger charge is -2.14. The molecule has 0 fully saturated rings. The summed E-state index contributed by atoms with van der Waals surface area (Å²) in [5.41, 5.74) is 4.92. The van der Waals surface area contributed by atoms with Crippen LogP contribution in [0.2, 0.25) is 0 Å². The topological polar surface area (TPSA) is 36.4 Å². The quantitative estimate of drug-likeness (QED) is 0.247. The number of anilines is 2. The van der Waals surface area contributed by atoms with Crippen LogP contribution in [0.4, 0.5) is 11.4 Å². The van der Waals surface area contributed by atoms with Gasteiger partial charge in [0.05, 0.1) is 0 Å². The largest absolute Gasteiger partial charge is 0.339 e. The molecule has 5 heteroatoms. The second-order valence-corrected chi connectivity index (χ2v) is 6.70. The summed E-state index contributed by atoms with van der Waals surface area (Å²) in [6.45, 7) is 2.04. The van der Waals surface area contributed by atoms with E-state index in [2.05, 4.69) is 15.6 Å². The molecule has 3 aromatic rings. The van der Waals surface area contributed by atoms with E-state index < -0.39 is 0 Å². The van der Waals surface area contributed by atoms with Gasteiger partial charge in [-0.05, 0) is 48.5 Å². The van der Waals surface area contributed by atoms with Crippen molar-refractivity contribution in [1.82, 2.24) is 0 Å². The fraction of sp³-hybridized carbons (Fsp3) is 0.0909. The first-order valence-electron chi connectivity index (χ1n) is 8.58. The van der Waals surface area contributed by atoms with Gasteiger partial charge in [-0.25, -0.2) is 4.99 Å². The number of aryl methyl sites for hydroxylation is 1. The Balaban J connectivity index is 1.90. The number of para-hydroxylation sites is 1. The van der Waals surface area contributed by atoms with Crippen LogP contribution in [-0.2, 0) is 5.88 Å². The molecule has 0 saturated heterocycles. The molecule has 136 valence electrons. The van der Waals surface area contributed by atoms with Crippen molar-refractivity contribution in [2.75, 3.05) is 10.6 Å². The average molecular weight is 394 g/mol. The van der Waals surface area contributed by atoms with Crippen LogP contribution in [0.25, 0.3) is 0 Å². The molecule has 0 saturated carbocycles. The normalized spacial score (nSPS) is 11.1. The third-order valence-corrected chi connectivity index (χ3v) is 4.43. The summed E-state index contributed by atoms with van der Waals surface area (Å²) < 4.78 is 0. The zero-order valence-corrected chi connectivity index (χ0v) is 16.5. The Bertz CT molecular complexity index is 955. The number of amidine groups is 1. The molecule has 3 aromatic carbocycles. The van der Waals surface area contributed by atoms with E-state index >= 15 is 0 Å². The number of hydrogen-bond donors (Lipinski definition) is 2. The van der Waals surface area contributed by atoms with Gasteiger partial charge in [0, 0.05) is 22.8 Å². The second-order valence-electron chi connectivity index (χ2n) is 6.04. The summed E-state index contributed by atoms with van der Waals surface area (Å²) in [7, 11) is 0. The van der Waals surface area contributed by atoms with Gasteiger partial charge >= 0.3 is 0 Å². The number of halogens is 1. The van der Waals surface area contributed by atoms with Crippen molar-refractivity contribution >= 4 is 46.1 Å². The van der Waals surface area contributed by atoms with Gasteiger partial charge in [-0.2, -0.15) is 0 Å². The molecule has 0 atom stereocenters. The van der Waals surface area contributed by atoms with E-state index in [0.29, 0.717) is 16.8 Å². The fourth-order valence-corrected chi connectivity index (χ4v) is 3.07. The first-order valence-corrected chi connectivity index (χ1v) is 9.52. The maximum absolute atomic E-state index is 6.07. The van der Waals surface area contributed by atoms with Gasteiger partial charge in [0.15, 0.2) is 5.11 Å². The molecule has 0 amide bonds. The van der Waals surface area contributed by atoms with Crippen LogP contribution in [-0.4, -0.2) is 10.9 Å². The van der Waals surface area contributed by atoms with Gasteiger partial charge in [-0.15, -0.1) is 11.6 Å². The molecule has 0 heterocycles. The highest BCUT2D eigenvalue weighted by Crippen LogP contribution is 2.19. The fourth-order valence-electron chi connectivity index (χ4n) is 2.62. The van der Waals surface area contributed by atoms with E-state index in [0.717, 1.165) is 28.1 Å². The van der Waals surface area contributed by atoms with E-state index in [1.165, 1.54) is 0 Å². The SMILES string of the molecule is Cc1cccc(NC(=S)/N=C(/Nc2ccccc2CCl)c2ccccc2)c1. The van der Waals surface area contributed by atoms with Crippen LogP contribution >= 0.6 is 23.8 Å². The molecule has 0 unspecified atom stereocenters. The molecule has 0 spiro atoms. The van der Waals surface area contributed by atoms with E-state index in [1.807, 2.05) is 85.8 Å². The second kappa shape index (κ2) is 9.31. The van der Waals surface area contributed by atoms with Crippen molar-refractivity contribution < 1.29 is 0 Å².